The van der Waals surface area contributed by atoms with Gasteiger partial charge in [-0.15, -0.1) is 0 Å². The highest BCUT2D eigenvalue weighted by Crippen LogP contribution is 2.14. The van der Waals surface area contributed by atoms with Gasteiger partial charge in [0, 0.05) is 30.2 Å². The van der Waals surface area contributed by atoms with Crippen LogP contribution in [0.4, 0.5) is 5.69 Å². The number of hydrogen-bond donors (Lipinski definition) is 2. The third-order valence-electron chi connectivity index (χ3n) is 3.13. The molecule has 0 bridgehead atoms. The van der Waals surface area contributed by atoms with Gasteiger partial charge in [-0.1, -0.05) is 29.8 Å². The number of carbonyl (C=O) groups excluding carboxylic acids is 1. The molecule has 0 fully saturated rings. The van der Waals surface area contributed by atoms with Crippen LogP contribution in [0.2, 0.25) is 5.02 Å². The maximum Gasteiger partial charge on any atom is 0.222 e. The average molecular weight is 314 g/mol. The fraction of sp³-hybridized carbons (Fsp3) is 0.176. The quantitative estimate of drug-likeness (QED) is 0.859. The molecule has 22 heavy (non-hydrogen) atoms. The monoisotopic (exact) mass is 313 g/mol. The number of carbonyl (C=O) groups is 1. The van der Waals surface area contributed by atoms with Crippen LogP contribution in [-0.4, -0.2) is 12.5 Å². The lowest BCUT2D eigenvalue weighted by molar-refractivity contribution is -0.121. The Balaban J connectivity index is 1.71. The lowest BCUT2D eigenvalue weighted by Crippen LogP contribution is -2.25. The van der Waals surface area contributed by atoms with Crippen molar-refractivity contribution in [2.24, 2.45) is 0 Å². The predicted octanol–water partition coefficient (Wildman–Crippen LogP) is 3.33. The van der Waals surface area contributed by atoms with Gasteiger partial charge in [0.1, 0.15) is 0 Å². The molecule has 4 nitrogen and oxygen atoms in total. The Kier molecular flexibility index (Phi) is 5.81. The summed E-state index contributed by atoms with van der Waals surface area (Å²) < 4.78 is 0. The largest absolute Gasteiger partial charge is 0.385 e. The van der Waals surface area contributed by atoms with Crippen molar-refractivity contribution >= 4 is 23.2 Å². The van der Waals surface area contributed by atoms with E-state index in [0.29, 0.717) is 30.1 Å². The number of nitrogens with zero attached hydrogens (tertiary/aromatic N) is 1. The summed E-state index contributed by atoms with van der Waals surface area (Å²) in [6, 6.07) is 16.6. The van der Waals surface area contributed by atoms with Crippen LogP contribution in [0, 0.1) is 11.3 Å². The summed E-state index contributed by atoms with van der Waals surface area (Å²) in [5.41, 5.74) is 2.40. The molecule has 5 heteroatoms. The van der Waals surface area contributed by atoms with Gasteiger partial charge < -0.3 is 10.6 Å². The van der Waals surface area contributed by atoms with Crippen LogP contribution in [-0.2, 0) is 11.3 Å². The number of nitrogens with one attached hydrogen (secondary N) is 2. The number of anilines is 1. The van der Waals surface area contributed by atoms with E-state index < -0.39 is 0 Å². The lowest BCUT2D eigenvalue weighted by Gasteiger charge is -2.08. The van der Waals surface area contributed by atoms with Crippen molar-refractivity contribution in [1.29, 1.82) is 5.26 Å². The van der Waals surface area contributed by atoms with Crippen LogP contribution in [0.25, 0.3) is 0 Å². The topological polar surface area (TPSA) is 64.9 Å². The maximum atomic E-state index is 11.8. The Bertz CT molecular complexity index is 677. The van der Waals surface area contributed by atoms with E-state index in [1.165, 1.54) is 0 Å². The predicted molar refractivity (Wildman–Crippen MR) is 87.6 cm³/mol. The van der Waals surface area contributed by atoms with Crippen molar-refractivity contribution in [3.8, 4) is 6.07 Å². The number of halogens is 1. The summed E-state index contributed by atoms with van der Waals surface area (Å²) >= 11 is 6.03. The van der Waals surface area contributed by atoms with Crippen LogP contribution in [0.15, 0.2) is 48.5 Å². The Morgan fingerprint density at radius 3 is 2.55 bits per heavy atom. The van der Waals surface area contributed by atoms with Gasteiger partial charge in [-0.05, 0) is 35.9 Å². The van der Waals surface area contributed by atoms with E-state index in [9.17, 15) is 4.79 Å². The van der Waals surface area contributed by atoms with Gasteiger partial charge in [0.15, 0.2) is 0 Å². The first-order valence-electron chi connectivity index (χ1n) is 6.93. The fourth-order valence-electron chi connectivity index (χ4n) is 1.91. The first-order valence-corrected chi connectivity index (χ1v) is 7.31. The van der Waals surface area contributed by atoms with Crippen molar-refractivity contribution in [2.45, 2.75) is 13.0 Å². The van der Waals surface area contributed by atoms with Crippen molar-refractivity contribution in [1.82, 2.24) is 5.32 Å². The lowest BCUT2D eigenvalue weighted by atomic mass is 10.2. The molecule has 2 aromatic rings. The number of nitriles is 1. The van der Waals surface area contributed by atoms with E-state index in [-0.39, 0.29) is 5.91 Å². The van der Waals surface area contributed by atoms with Crippen molar-refractivity contribution in [2.75, 3.05) is 11.9 Å². The third kappa shape index (κ3) is 4.80. The molecular weight excluding hydrogens is 298 g/mol. The normalized spacial score (nSPS) is 9.82. The average Bonchev–Trinajstić information content (AvgIpc) is 2.55. The van der Waals surface area contributed by atoms with E-state index in [2.05, 4.69) is 16.7 Å². The van der Waals surface area contributed by atoms with Gasteiger partial charge >= 0.3 is 0 Å². The second-order valence-electron chi connectivity index (χ2n) is 4.73. The minimum Gasteiger partial charge on any atom is -0.385 e. The van der Waals surface area contributed by atoms with Crippen molar-refractivity contribution < 1.29 is 4.79 Å². The van der Waals surface area contributed by atoms with E-state index in [0.717, 1.165) is 11.3 Å². The first kappa shape index (κ1) is 15.9. The Morgan fingerprint density at radius 2 is 1.86 bits per heavy atom. The third-order valence-corrected chi connectivity index (χ3v) is 3.50. The summed E-state index contributed by atoms with van der Waals surface area (Å²) in [7, 11) is 0. The summed E-state index contributed by atoms with van der Waals surface area (Å²) in [6.45, 7) is 0.954. The van der Waals surface area contributed by atoms with Gasteiger partial charge in [0.05, 0.1) is 11.6 Å². The Hall–Kier alpha value is -2.51. The molecule has 0 aromatic heterocycles. The zero-order valence-electron chi connectivity index (χ0n) is 12.0. The molecule has 0 spiro atoms. The molecule has 0 aliphatic rings. The second kappa shape index (κ2) is 8.06. The number of benzene rings is 2. The van der Waals surface area contributed by atoms with Crippen molar-refractivity contribution in [3.05, 3.63) is 64.7 Å². The van der Waals surface area contributed by atoms with Crippen LogP contribution < -0.4 is 10.6 Å². The van der Waals surface area contributed by atoms with Gasteiger partial charge in [0.25, 0.3) is 0 Å². The summed E-state index contributed by atoms with van der Waals surface area (Å²) in [6.07, 6.45) is 0.366. The second-order valence-corrected chi connectivity index (χ2v) is 5.14. The van der Waals surface area contributed by atoms with Gasteiger partial charge in [-0.2, -0.15) is 5.26 Å². The van der Waals surface area contributed by atoms with E-state index in [1.807, 2.05) is 30.3 Å². The number of rotatable bonds is 6. The van der Waals surface area contributed by atoms with Crippen LogP contribution in [0.5, 0.6) is 0 Å². The van der Waals surface area contributed by atoms with Crippen LogP contribution in [0.1, 0.15) is 17.5 Å². The van der Waals surface area contributed by atoms with Crippen LogP contribution >= 0.6 is 11.6 Å². The Labute approximate surface area is 134 Å². The molecule has 1 amide bonds. The molecule has 0 heterocycles. The number of hydrogen-bond acceptors (Lipinski definition) is 3. The molecule has 0 saturated heterocycles. The minimum atomic E-state index is -0.0407. The van der Waals surface area contributed by atoms with E-state index >= 15 is 0 Å². The molecule has 2 aromatic carbocycles. The molecule has 0 atom stereocenters. The highest BCUT2D eigenvalue weighted by atomic mass is 35.5. The fourth-order valence-corrected chi connectivity index (χ4v) is 2.11. The number of amides is 1. The first-order chi connectivity index (χ1) is 10.7. The van der Waals surface area contributed by atoms with Gasteiger partial charge in [-0.25, -0.2) is 0 Å². The molecule has 0 unspecified atom stereocenters. The maximum absolute atomic E-state index is 11.8. The molecule has 112 valence electrons. The molecule has 2 rings (SSSR count). The smallest absolute Gasteiger partial charge is 0.222 e. The molecule has 2 N–H and O–H groups in total. The summed E-state index contributed by atoms with van der Waals surface area (Å²) in [5, 5.41) is 15.3. The van der Waals surface area contributed by atoms with Crippen LogP contribution in [0.3, 0.4) is 0 Å². The highest BCUT2D eigenvalue weighted by molar-refractivity contribution is 6.31. The molecule has 0 radical (unpaired) electrons. The molecule has 0 saturated carbocycles. The summed E-state index contributed by atoms with van der Waals surface area (Å²) in [5.74, 6) is -0.0407. The molecule has 0 aliphatic heterocycles. The van der Waals surface area contributed by atoms with Crippen molar-refractivity contribution in [3.63, 3.8) is 0 Å². The Morgan fingerprint density at radius 1 is 1.14 bits per heavy atom. The van der Waals surface area contributed by atoms with Gasteiger partial charge in [0.2, 0.25) is 5.91 Å². The molecule has 0 aliphatic carbocycles. The van der Waals surface area contributed by atoms with Gasteiger partial charge in [-0.3, -0.25) is 4.79 Å². The standard InChI is InChI=1S/C17H16ClN3O/c18-16-4-2-1-3-14(16)12-21-17(22)9-10-20-15-7-5-13(11-19)6-8-15/h1-8,20H,9-10,12H2,(H,21,22). The highest BCUT2D eigenvalue weighted by Gasteiger charge is 2.03. The zero-order chi connectivity index (χ0) is 15.8. The molecular formula is C17H16ClN3O. The van der Waals surface area contributed by atoms with E-state index in [1.54, 1.807) is 18.2 Å². The summed E-state index contributed by atoms with van der Waals surface area (Å²) in [4.78, 5) is 11.8. The zero-order valence-corrected chi connectivity index (χ0v) is 12.7. The SMILES string of the molecule is N#Cc1ccc(NCCC(=O)NCc2ccccc2Cl)cc1. The minimum absolute atomic E-state index is 0.0407. The van der Waals surface area contributed by atoms with E-state index in [4.69, 9.17) is 16.9 Å².